The number of ether oxygens (including phenoxy) is 1. The summed E-state index contributed by atoms with van der Waals surface area (Å²) in [7, 11) is 0. The van der Waals surface area contributed by atoms with E-state index in [-0.39, 0.29) is 6.09 Å². The zero-order valence-electron chi connectivity index (χ0n) is 12.1. The Morgan fingerprint density at radius 3 is 2.55 bits per heavy atom. The highest BCUT2D eigenvalue weighted by Crippen LogP contribution is 2.26. The van der Waals surface area contributed by atoms with Crippen molar-refractivity contribution in [2.24, 2.45) is 0 Å². The van der Waals surface area contributed by atoms with Crippen molar-refractivity contribution < 1.29 is 14.6 Å². The minimum atomic E-state index is -0.491. The lowest BCUT2D eigenvalue weighted by Crippen LogP contribution is -2.49. The van der Waals surface area contributed by atoms with E-state index < -0.39 is 6.10 Å². The number of nitrogens with zero attached hydrogens (tertiary/aromatic N) is 2. The summed E-state index contributed by atoms with van der Waals surface area (Å²) in [5.74, 6) is 0. The molecule has 1 heterocycles. The Labute approximate surface area is 119 Å². The molecule has 1 aliphatic rings. The van der Waals surface area contributed by atoms with E-state index in [1.807, 2.05) is 31.2 Å². The molecule has 1 N–H and O–H groups in total. The van der Waals surface area contributed by atoms with E-state index >= 15 is 0 Å². The standard InChI is InChI=1S/C15H22N2O3/c1-3-20-15(19)17-10-8-16(9-11-17)14-7-5-4-6-13(14)12(2)18/h4-7,12,18H,3,8-11H2,1-2H3/t12-/m1/s1. The monoisotopic (exact) mass is 278 g/mol. The van der Waals surface area contributed by atoms with Crippen LogP contribution in [0.5, 0.6) is 0 Å². The molecule has 110 valence electrons. The molecule has 1 saturated heterocycles. The third-order valence-corrected chi connectivity index (χ3v) is 3.53. The van der Waals surface area contributed by atoms with Gasteiger partial charge in [0.15, 0.2) is 0 Å². The van der Waals surface area contributed by atoms with Crippen molar-refractivity contribution in [2.45, 2.75) is 20.0 Å². The molecular formula is C15H22N2O3. The molecule has 0 radical (unpaired) electrons. The second-order valence-corrected chi connectivity index (χ2v) is 4.91. The van der Waals surface area contributed by atoms with Gasteiger partial charge in [-0.15, -0.1) is 0 Å². The molecule has 0 saturated carbocycles. The van der Waals surface area contributed by atoms with Crippen LogP contribution in [-0.4, -0.2) is 48.9 Å². The molecule has 0 aliphatic carbocycles. The maximum atomic E-state index is 11.7. The van der Waals surface area contributed by atoms with Crippen LogP contribution < -0.4 is 4.90 Å². The fraction of sp³-hybridized carbons (Fsp3) is 0.533. The topological polar surface area (TPSA) is 53.0 Å². The number of hydrogen-bond donors (Lipinski definition) is 1. The highest BCUT2D eigenvalue weighted by Gasteiger charge is 2.23. The molecule has 1 fully saturated rings. The van der Waals surface area contributed by atoms with E-state index in [4.69, 9.17) is 4.74 Å². The molecule has 0 bridgehead atoms. The first-order valence-corrected chi connectivity index (χ1v) is 7.07. The van der Waals surface area contributed by atoms with Crippen LogP contribution in [0.3, 0.4) is 0 Å². The number of aliphatic hydroxyl groups is 1. The fourth-order valence-electron chi connectivity index (χ4n) is 2.47. The Hall–Kier alpha value is -1.75. The second kappa shape index (κ2) is 6.61. The quantitative estimate of drug-likeness (QED) is 0.919. The van der Waals surface area contributed by atoms with Crippen molar-refractivity contribution in [1.29, 1.82) is 0 Å². The van der Waals surface area contributed by atoms with Crippen LogP contribution in [0.1, 0.15) is 25.5 Å². The van der Waals surface area contributed by atoms with Gasteiger partial charge >= 0.3 is 6.09 Å². The van der Waals surface area contributed by atoms with Crippen molar-refractivity contribution in [2.75, 3.05) is 37.7 Å². The van der Waals surface area contributed by atoms with Crippen LogP contribution in [0.25, 0.3) is 0 Å². The number of amides is 1. The summed E-state index contributed by atoms with van der Waals surface area (Å²) in [6, 6.07) is 7.86. The fourth-order valence-corrected chi connectivity index (χ4v) is 2.47. The van der Waals surface area contributed by atoms with Gasteiger partial charge in [0.1, 0.15) is 0 Å². The largest absolute Gasteiger partial charge is 0.450 e. The lowest BCUT2D eigenvalue weighted by Gasteiger charge is -2.36. The van der Waals surface area contributed by atoms with Crippen LogP contribution in [0.15, 0.2) is 24.3 Å². The number of piperazine rings is 1. The first-order chi connectivity index (χ1) is 9.63. The molecule has 1 aromatic rings. The van der Waals surface area contributed by atoms with Crippen molar-refractivity contribution in [3.63, 3.8) is 0 Å². The summed E-state index contributed by atoms with van der Waals surface area (Å²) in [5, 5.41) is 9.83. The van der Waals surface area contributed by atoms with Gasteiger partial charge in [-0.3, -0.25) is 0 Å². The van der Waals surface area contributed by atoms with Crippen LogP contribution in [0.2, 0.25) is 0 Å². The average molecular weight is 278 g/mol. The maximum Gasteiger partial charge on any atom is 0.409 e. The normalized spacial score (nSPS) is 16.9. The zero-order valence-corrected chi connectivity index (χ0v) is 12.1. The van der Waals surface area contributed by atoms with E-state index in [0.717, 1.165) is 24.3 Å². The molecule has 2 rings (SSSR count). The number of benzene rings is 1. The summed E-state index contributed by atoms with van der Waals surface area (Å²) in [6.45, 7) is 6.79. The number of carbonyl (C=O) groups is 1. The number of para-hydroxylation sites is 1. The summed E-state index contributed by atoms with van der Waals surface area (Å²) in [4.78, 5) is 15.6. The third kappa shape index (κ3) is 3.22. The Morgan fingerprint density at radius 1 is 1.30 bits per heavy atom. The molecule has 1 aliphatic heterocycles. The van der Waals surface area contributed by atoms with E-state index in [1.165, 1.54) is 0 Å². The van der Waals surface area contributed by atoms with Crippen LogP contribution in [-0.2, 0) is 4.74 Å². The van der Waals surface area contributed by atoms with Gasteiger partial charge in [-0.25, -0.2) is 4.79 Å². The number of rotatable bonds is 3. The van der Waals surface area contributed by atoms with Gasteiger partial charge in [0.25, 0.3) is 0 Å². The summed E-state index contributed by atoms with van der Waals surface area (Å²) < 4.78 is 5.01. The Balaban J connectivity index is 2.02. The van der Waals surface area contributed by atoms with Crippen molar-refractivity contribution >= 4 is 11.8 Å². The minimum absolute atomic E-state index is 0.240. The smallest absolute Gasteiger partial charge is 0.409 e. The third-order valence-electron chi connectivity index (χ3n) is 3.53. The number of hydrogen-bond acceptors (Lipinski definition) is 4. The van der Waals surface area contributed by atoms with Crippen molar-refractivity contribution in [1.82, 2.24) is 4.90 Å². The Kier molecular flexibility index (Phi) is 4.84. The second-order valence-electron chi connectivity index (χ2n) is 4.91. The van der Waals surface area contributed by atoms with Gasteiger partial charge in [-0.1, -0.05) is 18.2 Å². The number of anilines is 1. The Morgan fingerprint density at radius 2 is 1.95 bits per heavy atom. The molecule has 1 aromatic carbocycles. The van der Waals surface area contributed by atoms with Gasteiger partial charge in [0.05, 0.1) is 12.7 Å². The predicted molar refractivity (Wildman–Crippen MR) is 77.9 cm³/mol. The SMILES string of the molecule is CCOC(=O)N1CCN(c2ccccc2[C@@H](C)O)CC1. The van der Waals surface area contributed by atoms with Crippen LogP contribution in [0, 0.1) is 0 Å². The van der Waals surface area contributed by atoms with Gasteiger partial charge in [-0.05, 0) is 19.9 Å². The average Bonchev–Trinajstić information content (AvgIpc) is 2.47. The molecule has 0 spiro atoms. The molecule has 5 heteroatoms. The molecule has 20 heavy (non-hydrogen) atoms. The summed E-state index contributed by atoms with van der Waals surface area (Å²) in [6.07, 6.45) is -0.731. The van der Waals surface area contributed by atoms with E-state index in [2.05, 4.69) is 4.90 Å². The molecule has 1 atom stereocenters. The predicted octanol–water partition coefficient (Wildman–Crippen LogP) is 2.02. The van der Waals surface area contributed by atoms with E-state index in [9.17, 15) is 9.90 Å². The Bertz CT molecular complexity index is 454. The highest BCUT2D eigenvalue weighted by atomic mass is 16.6. The van der Waals surface area contributed by atoms with Gasteiger partial charge in [0.2, 0.25) is 0 Å². The molecule has 1 amide bonds. The van der Waals surface area contributed by atoms with Gasteiger partial charge < -0.3 is 19.6 Å². The maximum absolute atomic E-state index is 11.7. The van der Waals surface area contributed by atoms with Gasteiger partial charge in [-0.2, -0.15) is 0 Å². The molecule has 0 aromatic heterocycles. The molecule has 5 nitrogen and oxygen atoms in total. The molecule has 0 unspecified atom stereocenters. The summed E-state index contributed by atoms with van der Waals surface area (Å²) >= 11 is 0. The first kappa shape index (κ1) is 14.7. The van der Waals surface area contributed by atoms with E-state index in [0.29, 0.717) is 19.7 Å². The lowest BCUT2D eigenvalue weighted by atomic mass is 10.1. The van der Waals surface area contributed by atoms with Crippen molar-refractivity contribution in [3.8, 4) is 0 Å². The number of carbonyl (C=O) groups excluding carboxylic acids is 1. The highest BCUT2D eigenvalue weighted by molar-refractivity contribution is 5.68. The summed E-state index contributed by atoms with van der Waals surface area (Å²) in [5.41, 5.74) is 1.98. The van der Waals surface area contributed by atoms with E-state index in [1.54, 1.807) is 11.8 Å². The lowest BCUT2D eigenvalue weighted by molar-refractivity contribution is 0.105. The zero-order chi connectivity index (χ0) is 14.5. The van der Waals surface area contributed by atoms with Crippen LogP contribution in [0.4, 0.5) is 10.5 Å². The van der Waals surface area contributed by atoms with Crippen LogP contribution >= 0.6 is 0 Å². The number of aliphatic hydroxyl groups excluding tert-OH is 1. The van der Waals surface area contributed by atoms with Gasteiger partial charge in [0, 0.05) is 37.4 Å². The minimum Gasteiger partial charge on any atom is -0.450 e. The van der Waals surface area contributed by atoms with Crippen molar-refractivity contribution in [3.05, 3.63) is 29.8 Å². The molecular weight excluding hydrogens is 256 g/mol. The first-order valence-electron chi connectivity index (χ1n) is 7.07.